The monoisotopic (exact) mass is 298 g/mol. The predicted molar refractivity (Wildman–Crippen MR) is 70.8 cm³/mol. The van der Waals surface area contributed by atoms with E-state index in [2.05, 4.69) is 27.4 Å². The van der Waals surface area contributed by atoms with E-state index >= 15 is 0 Å². The maximum absolute atomic E-state index is 11.4. The summed E-state index contributed by atoms with van der Waals surface area (Å²) in [6, 6.07) is 4.14. The number of anilines is 1. The lowest BCUT2D eigenvalue weighted by molar-refractivity contribution is 0.695. The van der Waals surface area contributed by atoms with E-state index in [1.807, 2.05) is 10.6 Å². The van der Waals surface area contributed by atoms with Crippen molar-refractivity contribution >= 4 is 33.0 Å². The minimum absolute atomic E-state index is 0.146. The number of aryl methyl sites for hydroxylation is 2. The van der Waals surface area contributed by atoms with Gasteiger partial charge in [-0.2, -0.15) is 0 Å². The third-order valence-corrected chi connectivity index (χ3v) is 3.76. The van der Waals surface area contributed by atoms with Crippen LogP contribution in [0, 0.1) is 0 Å². The van der Waals surface area contributed by atoms with Gasteiger partial charge in [-0.3, -0.25) is 4.79 Å². The molecule has 5 heteroatoms. The van der Waals surface area contributed by atoms with E-state index < -0.39 is 0 Å². The maximum Gasteiger partial charge on any atom is 0.218 e. The summed E-state index contributed by atoms with van der Waals surface area (Å²) >= 11 is 4.94. The van der Waals surface area contributed by atoms with Crippen molar-refractivity contribution in [2.75, 3.05) is 5.73 Å². The van der Waals surface area contributed by atoms with Gasteiger partial charge in [0.15, 0.2) is 0 Å². The first kappa shape index (κ1) is 11.4. The van der Waals surface area contributed by atoms with Crippen LogP contribution in [0.15, 0.2) is 39.2 Å². The van der Waals surface area contributed by atoms with Crippen LogP contribution >= 0.6 is 27.3 Å². The first-order chi connectivity index (χ1) is 7.66. The first-order valence-corrected chi connectivity index (χ1v) is 6.51. The molecule has 0 saturated carbocycles. The number of hydrogen-bond donors (Lipinski definition) is 1. The molecule has 0 aliphatic rings. The zero-order valence-corrected chi connectivity index (χ0v) is 10.9. The van der Waals surface area contributed by atoms with Gasteiger partial charge >= 0.3 is 0 Å². The smallest absolute Gasteiger partial charge is 0.218 e. The van der Waals surface area contributed by atoms with Crippen molar-refractivity contribution in [3.05, 3.63) is 49.5 Å². The molecular weight excluding hydrogens is 288 g/mol. The SMILES string of the molecule is Nc1cn(CCc2cccs2)cc(Br)c1=O. The molecule has 0 radical (unpaired) electrons. The van der Waals surface area contributed by atoms with Crippen LogP contribution in [-0.4, -0.2) is 4.57 Å². The zero-order chi connectivity index (χ0) is 11.5. The minimum atomic E-state index is -0.146. The topological polar surface area (TPSA) is 48.0 Å². The Morgan fingerprint density at radius 1 is 1.44 bits per heavy atom. The molecule has 0 atom stereocenters. The lowest BCUT2D eigenvalue weighted by Crippen LogP contribution is -2.13. The molecule has 2 aromatic heterocycles. The average Bonchev–Trinajstić information content (AvgIpc) is 2.75. The van der Waals surface area contributed by atoms with Crippen molar-refractivity contribution in [2.24, 2.45) is 0 Å². The van der Waals surface area contributed by atoms with Gasteiger partial charge in [0.2, 0.25) is 5.43 Å². The highest BCUT2D eigenvalue weighted by molar-refractivity contribution is 9.10. The molecule has 0 aliphatic heterocycles. The third kappa shape index (κ3) is 2.54. The van der Waals surface area contributed by atoms with Crippen molar-refractivity contribution < 1.29 is 0 Å². The highest BCUT2D eigenvalue weighted by Crippen LogP contribution is 2.11. The minimum Gasteiger partial charge on any atom is -0.394 e. The standard InChI is InChI=1S/C11H11BrN2OS/c12-9-6-14(7-10(13)11(9)15)4-3-8-2-1-5-16-8/h1-2,5-7H,3-4,13H2. The summed E-state index contributed by atoms with van der Waals surface area (Å²) in [6.45, 7) is 0.823. The number of halogens is 1. The van der Waals surface area contributed by atoms with Crippen LogP contribution in [0.25, 0.3) is 0 Å². The van der Waals surface area contributed by atoms with Crippen molar-refractivity contribution in [3.8, 4) is 0 Å². The Labute approximate surface area is 106 Å². The van der Waals surface area contributed by atoms with Gasteiger partial charge in [-0.05, 0) is 33.8 Å². The Kier molecular flexibility index (Phi) is 3.46. The molecule has 2 heterocycles. The fourth-order valence-electron chi connectivity index (χ4n) is 1.44. The average molecular weight is 299 g/mol. The molecule has 0 spiro atoms. The van der Waals surface area contributed by atoms with E-state index in [-0.39, 0.29) is 11.1 Å². The molecule has 2 N–H and O–H groups in total. The summed E-state index contributed by atoms with van der Waals surface area (Å²) in [4.78, 5) is 12.7. The van der Waals surface area contributed by atoms with Gasteiger partial charge in [0.05, 0.1) is 10.2 Å². The number of aromatic nitrogens is 1. The summed E-state index contributed by atoms with van der Waals surface area (Å²) < 4.78 is 2.44. The second kappa shape index (κ2) is 4.84. The van der Waals surface area contributed by atoms with Crippen LogP contribution in [0.1, 0.15) is 4.88 Å². The van der Waals surface area contributed by atoms with E-state index in [0.29, 0.717) is 4.47 Å². The van der Waals surface area contributed by atoms with Crippen molar-refractivity contribution in [2.45, 2.75) is 13.0 Å². The summed E-state index contributed by atoms with van der Waals surface area (Å²) in [7, 11) is 0. The fraction of sp³-hybridized carbons (Fsp3) is 0.182. The third-order valence-electron chi connectivity index (χ3n) is 2.26. The molecule has 2 rings (SSSR count). The van der Waals surface area contributed by atoms with E-state index in [1.54, 1.807) is 23.7 Å². The molecule has 0 bridgehead atoms. The van der Waals surface area contributed by atoms with E-state index in [9.17, 15) is 4.79 Å². The zero-order valence-electron chi connectivity index (χ0n) is 8.52. The normalized spacial score (nSPS) is 10.6. The number of thiophene rings is 1. The van der Waals surface area contributed by atoms with E-state index in [0.717, 1.165) is 13.0 Å². The van der Waals surface area contributed by atoms with Crippen LogP contribution in [0.2, 0.25) is 0 Å². The number of nitrogen functional groups attached to an aromatic ring is 1. The van der Waals surface area contributed by atoms with Crippen LogP contribution in [0.4, 0.5) is 5.69 Å². The molecule has 0 amide bonds. The van der Waals surface area contributed by atoms with Gasteiger partial charge in [-0.1, -0.05) is 6.07 Å². The number of hydrogen-bond acceptors (Lipinski definition) is 3. The highest BCUT2D eigenvalue weighted by Gasteiger charge is 2.02. The Morgan fingerprint density at radius 2 is 2.25 bits per heavy atom. The Bertz CT molecular complexity index is 507. The molecule has 0 unspecified atom stereocenters. The number of rotatable bonds is 3. The molecule has 0 aromatic carbocycles. The van der Waals surface area contributed by atoms with Crippen LogP contribution in [0.3, 0.4) is 0 Å². The summed E-state index contributed by atoms with van der Waals surface area (Å²) in [5.74, 6) is 0. The first-order valence-electron chi connectivity index (χ1n) is 4.84. The second-order valence-electron chi connectivity index (χ2n) is 3.46. The Balaban J connectivity index is 2.13. The Morgan fingerprint density at radius 3 is 2.88 bits per heavy atom. The van der Waals surface area contributed by atoms with Crippen molar-refractivity contribution in [1.82, 2.24) is 4.57 Å². The van der Waals surface area contributed by atoms with Gasteiger partial charge in [-0.25, -0.2) is 0 Å². The number of nitrogens with zero attached hydrogens (tertiary/aromatic N) is 1. The Hall–Kier alpha value is -1.07. The largest absolute Gasteiger partial charge is 0.394 e. The molecular formula is C11H11BrN2OS. The summed E-state index contributed by atoms with van der Waals surface area (Å²) in [5, 5.41) is 2.06. The summed E-state index contributed by atoms with van der Waals surface area (Å²) in [5.41, 5.74) is 5.74. The van der Waals surface area contributed by atoms with Gasteiger partial charge in [0.1, 0.15) is 0 Å². The predicted octanol–water partition coefficient (Wildman–Crippen LogP) is 2.50. The van der Waals surface area contributed by atoms with Gasteiger partial charge in [-0.15, -0.1) is 11.3 Å². The quantitative estimate of drug-likeness (QED) is 0.946. The molecule has 0 aliphatic carbocycles. The van der Waals surface area contributed by atoms with Crippen LogP contribution < -0.4 is 11.2 Å². The van der Waals surface area contributed by atoms with Crippen molar-refractivity contribution in [3.63, 3.8) is 0 Å². The van der Waals surface area contributed by atoms with Gasteiger partial charge < -0.3 is 10.3 Å². The van der Waals surface area contributed by atoms with Crippen molar-refractivity contribution in [1.29, 1.82) is 0 Å². The molecule has 0 fully saturated rings. The second-order valence-corrected chi connectivity index (χ2v) is 5.34. The highest BCUT2D eigenvalue weighted by atomic mass is 79.9. The lowest BCUT2D eigenvalue weighted by Gasteiger charge is -2.07. The molecule has 84 valence electrons. The molecule has 3 nitrogen and oxygen atoms in total. The van der Waals surface area contributed by atoms with Crippen LogP contribution in [0.5, 0.6) is 0 Å². The lowest BCUT2D eigenvalue weighted by atomic mass is 10.3. The molecule has 16 heavy (non-hydrogen) atoms. The molecule has 2 aromatic rings. The number of pyridine rings is 1. The summed E-state index contributed by atoms with van der Waals surface area (Å²) in [6.07, 6.45) is 4.40. The van der Waals surface area contributed by atoms with Crippen LogP contribution in [-0.2, 0) is 13.0 Å². The van der Waals surface area contributed by atoms with Gasteiger partial charge in [0.25, 0.3) is 0 Å². The fourth-order valence-corrected chi connectivity index (χ4v) is 2.63. The number of nitrogens with two attached hydrogens (primary N) is 1. The van der Waals surface area contributed by atoms with Gasteiger partial charge in [0, 0.05) is 23.8 Å². The van der Waals surface area contributed by atoms with E-state index in [4.69, 9.17) is 5.73 Å². The van der Waals surface area contributed by atoms with E-state index in [1.165, 1.54) is 4.88 Å². The molecule has 0 saturated heterocycles. The maximum atomic E-state index is 11.4.